The fourth-order valence-electron chi connectivity index (χ4n) is 1.14. The summed E-state index contributed by atoms with van der Waals surface area (Å²) in [6.07, 6.45) is 2.30. The van der Waals surface area contributed by atoms with Crippen LogP contribution in [0.5, 0.6) is 0 Å². The number of hydrogen-bond donors (Lipinski definition) is 2. The molecule has 0 radical (unpaired) electrons. The van der Waals surface area contributed by atoms with Crippen molar-refractivity contribution in [2.75, 3.05) is 6.54 Å². The molecule has 78 valence electrons. The van der Waals surface area contributed by atoms with Crippen LogP contribution in [0.25, 0.3) is 0 Å². The fraction of sp³-hybridized carbons (Fsp3) is 0.500. The molecule has 4 heteroatoms. The van der Waals surface area contributed by atoms with E-state index in [9.17, 15) is 4.79 Å². The molecule has 0 saturated heterocycles. The normalized spacial score (nSPS) is 12.4. The standard InChI is InChI=1S/C10H16N2O2/c1-8(4-5-11)10(13)12-7-9-3-2-6-14-9/h2-3,6,8H,4-5,7,11H2,1H3,(H,12,13). The topological polar surface area (TPSA) is 68.3 Å². The summed E-state index contributed by atoms with van der Waals surface area (Å²) in [5.41, 5.74) is 5.36. The van der Waals surface area contributed by atoms with Gasteiger partial charge in [-0.15, -0.1) is 0 Å². The highest BCUT2D eigenvalue weighted by Gasteiger charge is 2.11. The van der Waals surface area contributed by atoms with Gasteiger partial charge >= 0.3 is 0 Å². The Hall–Kier alpha value is -1.29. The van der Waals surface area contributed by atoms with E-state index < -0.39 is 0 Å². The van der Waals surface area contributed by atoms with Crippen molar-refractivity contribution in [3.63, 3.8) is 0 Å². The predicted molar refractivity (Wildman–Crippen MR) is 53.4 cm³/mol. The first-order valence-corrected chi connectivity index (χ1v) is 4.74. The van der Waals surface area contributed by atoms with E-state index >= 15 is 0 Å². The summed E-state index contributed by atoms with van der Waals surface area (Å²) in [7, 11) is 0. The maximum absolute atomic E-state index is 11.4. The first-order valence-electron chi connectivity index (χ1n) is 4.74. The number of amides is 1. The molecule has 1 aromatic heterocycles. The van der Waals surface area contributed by atoms with E-state index in [2.05, 4.69) is 5.32 Å². The van der Waals surface area contributed by atoms with Crippen LogP contribution in [-0.4, -0.2) is 12.5 Å². The Morgan fingerprint density at radius 2 is 2.50 bits per heavy atom. The van der Waals surface area contributed by atoms with Crippen molar-refractivity contribution in [1.29, 1.82) is 0 Å². The van der Waals surface area contributed by atoms with Gasteiger partial charge in [-0.2, -0.15) is 0 Å². The van der Waals surface area contributed by atoms with Gasteiger partial charge in [0.2, 0.25) is 5.91 Å². The summed E-state index contributed by atoms with van der Waals surface area (Å²) in [6.45, 7) is 2.85. The predicted octanol–water partition coefficient (Wildman–Crippen LogP) is 0.881. The van der Waals surface area contributed by atoms with Crippen LogP contribution in [0.4, 0.5) is 0 Å². The third-order valence-electron chi connectivity index (χ3n) is 2.06. The van der Waals surface area contributed by atoms with E-state index in [1.165, 1.54) is 0 Å². The molecule has 1 aromatic rings. The molecular weight excluding hydrogens is 180 g/mol. The van der Waals surface area contributed by atoms with Crippen LogP contribution in [0.15, 0.2) is 22.8 Å². The van der Waals surface area contributed by atoms with Crippen molar-refractivity contribution in [1.82, 2.24) is 5.32 Å². The SMILES string of the molecule is CC(CCN)C(=O)NCc1ccco1. The van der Waals surface area contributed by atoms with Gasteiger partial charge in [-0.3, -0.25) is 4.79 Å². The number of furan rings is 1. The van der Waals surface area contributed by atoms with Gasteiger partial charge in [0.1, 0.15) is 5.76 Å². The Morgan fingerprint density at radius 1 is 1.71 bits per heavy atom. The minimum Gasteiger partial charge on any atom is -0.467 e. The monoisotopic (exact) mass is 196 g/mol. The minimum atomic E-state index is -0.0324. The minimum absolute atomic E-state index is 0.0202. The van der Waals surface area contributed by atoms with Gasteiger partial charge < -0.3 is 15.5 Å². The lowest BCUT2D eigenvalue weighted by atomic mass is 10.1. The van der Waals surface area contributed by atoms with Gasteiger partial charge in [0.05, 0.1) is 12.8 Å². The first kappa shape index (κ1) is 10.8. The van der Waals surface area contributed by atoms with E-state index in [1.807, 2.05) is 13.0 Å². The lowest BCUT2D eigenvalue weighted by Gasteiger charge is -2.09. The zero-order valence-corrected chi connectivity index (χ0v) is 8.32. The molecule has 0 aliphatic rings. The zero-order valence-electron chi connectivity index (χ0n) is 8.32. The number of rotatable bonds is 5. The Kier molecular flexibility index (Phi) is 4.19. The molecule has 14 heavy (non-hydrogen) atoms. The third kappa shape index (κ3) is 3.22. The van der Waals surface area contributed by atoms with E-state index in [4.69, 9.17) is 10.2 Å². The summed E-state index contributed by atoms with van der Waals surface area (Å²) in [5.74, 6) is 0.750. The second kappa shape index (κ2) is 5.44. The molecule has 3 N–H and O–H groups in total. The second-order valence-corrected chi connectivity index (χ2v) is 3.28. The van der Waals surface area contributed by atoms with Gasteiger partial charge in [0.15, 0.2) is 0 Å². The molecule has 0 aliphatic heterocycles. The number of carbonyl (C=O) groups is 1. The summed E-state index contributed by atoms with van der Waals surface area (Å²) in [5, 5.41) is 2.78. The number of hydrogen-bond acceptors (Lipinski definition) is 3. The molecular formula is C10H16N2O2. The molecule has 0 bridgehead atoms. The molecule has 1 amide bonds. The molecule has 0 aliphatic carbocycles. The van der Waals surface area contributed by atoms with Crippen LogP contribution in [0.1, 0.15) is 19.1 Å². The summed E-state index contributed by atoms with van der Waals surface area (Å²) in [4.78, 5) is 11.4. The Bertz CT molecular complexity index is 270. The fourth-order valence-corrected chi connectivity index (χ4v) is 1.14. The number of nitrogens with two attached hydrogens (primary N) is 1. The Labute approximate surface area is 83.5 Å². The van der Waals surface area contributed by atoms with Crippen molar-refractivity contribution in [3.8, 4) is 0 Å². The number of nitrogens with one attached hydrogen (secondary N) is 1. The molecule has 1 rings (SSSR count). The summed E-state index contributed by atoms with van der Waals surface area (Å²) in [6, 6.07) is 3.62. The van der Waals surface area contributed by atoms with Crippen LogP contribution < -0.4 is 11.1 Å². The maximum atomic E-state index is 11.4. The summed E-state index contributed by atoms with van der Waals surface area (Å²) < 4.78 is 5.08. The smallest absolute Gasteiger partial charge is 0.223 e. The van der Waals surface area contributed by atoms with Crippen molar-refractivity contribution in [2.45, 2.75) is 19.9 Å². The molecule has 0 saturated carbocycles. The first-order chi connectivity index (χ1) is 6.74. The average molecular weight is 196 g/mol. The summed E-state index contributed by atoms with van der Waals surface area (Å²) >= 11 is 0. The molecule has 1 unspecified atom stereocenters. The quantitative estimate of drug-likeness (QED) is 0.734. The van der Waals surface area contributed by atoms with Crippen LogP contribution in [0, 0.1) is 5.92 Å². The highest BCUT2D eigenvalue weighted by atomic mass is 16.3. The molecule has 0 fully saturated rings. The van der Waals surface area contributed by atoms with Gasteiger partial charge in [0.25, 0.3) is 0 Å². The van der Waals surface area contributed by atoms with Crippen LogP contribution in [0.2, 0.25) is 0 Å². The van der Waals surface area contributed by atoms with E-state index in [-0.39, 0.29) is 11.8 Å². The lowest BCUT2D eigenvalue weighted by Crippen LogP contribution is -2.29. The van der Waals surface area contributed by atoms with Gasteiger partial charge in [0, 0.05) is 5.92 Å². The molecule has 0 spiro atoms. The third-order valence-corrected chi connectivity index (χ3v) is 2.06. The zero-order chi connectivity index (χ0) is 10.4. The van der Waals surface area contributed by atoms with Gasteiger partial charge in [-0.25, -0.2) is 0 Å². The van der Waals surface area contributed by atoms with Gasteiger partial charge in [-0.05, 0) is 25.1 Å². The Balaban J connectivity index is 2.27. The highest BCUT2D eigenvalue weighted by molar-refractivity contribution is 5.78. The van der Waals surface area contributed by atoms with E-state index in [0.717, 1.165) is 5.76 Å². The average Bonchev–Trinajstić information content (AvgIpc) is 2.67. The van der Waals surface area contributed by atoms with Crippen LogP contribution in [0.3, 0.4) is 0 Å². The molecule has 1 heterocycles. The Morgan fingerprint density at radius 3 is 3.07 bits per heavy atom. The van der Waals surface area contributed by atoms with E-state index in [1.54, 1.807) is 12.3 Å². The molecule has 0 aromatic carbocycles. The molecule has 4 nitrogen and oxygen atoms in total. The van der Waals surface area contributed by atoms with E-state index in [0.29, 0.717) is 19.5 Å². The maximum Gasteiger partial charge on any atom is 0.223 e. The molecule has 1 atom stereocenters. The largest absolute Gasteiger partial charge is 0.467 e. The van der Waals surface area contributed by atoms with Crippen LogP contribution in [-0.2, 0) is 11.3 Å². The van der Waals surface area contributed by atoms with Crippen LogP contribution >= 0.6 is 0 Å². The highest BCUT2D eigenvalue weighted by Crippen LogP contribution is 2.02. The number of carbonyl (C=O) groups excluding carboxylic acids is 1. The van der Waals surface area contributed by atoms with Gasteiger partial charge in [-0.1, -0.05) is 6.92 Å². The van der Waals surface area contributed by atoms with Crippen molar-refractivity contribution < 1.29 is 9.21 Å². The lowest BCUT2D eigenvalue weighted by molar-refractivity contribution is -0.124. The van der Waals surface area contributed by atoms with Crippen molar-refractivity contribution >= 4 is 5.91 Å². The van der Waals surface area contributed by atoms with Crippen molar-refractivity contribution in [2.24, 2.45) is 11.7 Å². The van der Waals surface area contributed by atoms with Crippen molar-refractivity contribution in [3.05, 3.63) is 24.2 Å². The second-order valence-electron chi connectivity index (χ2n) is 3.28.